The highest BCUT2D eigenvalue weighted by Gasteiger charge is 2.07. The zero-order valence-electron chi connectivity index (χ0n) is 9.64. The van der Waals surface area contributed by atoms with Crippen LogP contribution in [0.2, 0.25) is 0 Å². The van der Waals surface area contributed by atoms with Crippen LogP contribution in [0.25, 0.3) is 0 Å². The molecule has 90 valence electrons. The highest BCUT2D eigenvalue weighted by atomic mass is 32.2. The maximum absolute atomic E-state index is 5.68. The molecule has 0 saturated carbocycles. The van der Waals surface area contributed by atoms with E-state index in [2.05, 4.69) is 10.2 Å². The first kappa shape index (κ1) is 11.8. The second kappa shape index (κ2) is 5.09. The van der Waals surface area contributed by atoms with Gasteiger partial charge in [0.25, 0.3) is 0 Å². The quantitative estimate of drug-likeness (QED) is 0.663. The van der Waals surface area contributed by atoms with Crippen LogP contribution in [0.5, 0.6) is 5.75 Å². The lowest BCUT2D eigenvalue weighted by Gasteiger charge is -2.07. The van der Waals surface area contributed by atoms with Gasteiger partial charge in [0, 0.05) is 23.6 Å². The molecule has 0 atom stereocenters. The Hall–Kier alpha value is -1.69. The van der Waals surface area contributed by atoms with Crippen LogP contribution in [0.4, 0.5) is 5.69 Å². The number of hydrogen-bond acceptors (Lipinski definition) is 6. The number of nitrogens with zero attached hydrogens (tertiary/aromatic N) is 2. The highest BCUT2D eigenvalue weighted by molar-refractivity contribution is 7.98. The van der Waals surface area contributed by atoms with E-state index in [0.717, 1.165) is 10.6 Å². The standard InChI is InChI=1S/C11H13N3O2S/c1-7-13-14-11(16-7)6-17-10-4-3-8(12)5-9(10)15-2/h3-5H,6,12H2,1-2H3. The van der Waals surface area contributed by atoms with E-state index in [0.29, 0.717) is 23.2 Å². The minimum Gasteiger partial charge on any atom is -0.496 e. The summed E-state index contributed by atoms with van der Waals surface area (Å²) in [5.74, 6) is 2.55. The van der Waals surface area contributed by atoms with Gasteiger partial charge in [0.2, 0.25) is 11.8 Å². The summed E-state index contributed by atoms with van der Waals surface area (Å²) in [7, 11) is 1.62. The molecule has 0 amide bonds. The molecule has 2 rings (SSSR count). The molecule has 0 saturated heterocycles. The molecular formula is C11H13N3O2S. The minimum atomic E-state index is 0.574. The normalized spacial score (nSPS) is 10.5. The van der Waals surface area contributed by atoms with E-state index in [1.165, 1.54) is 0 Å². The number of rotatable bonds is 4. The number of nitrogens with two attached hydrogens (primary N) is 1. The van der Waals surface area contributed by atoms with Gasteiger partial charge in [0.1, 0.15) is 5.75 Å². The summed E-state index contributed by atoms with van der Waals surface area (Å²) in [6.07, 6.45) is 0. The molecule has 2 aromatic rings. The number of aryl methyl sites for hydroxylation is 1. The minimum absolute atomic E-state index is 0.574. The molecular weight excluding hydrogens is 238 g/mol. The van der Waals surface area contributed by atoms with Crippen molar-refractivity contribution in [1.82, 2.24) is 10.2 Å². The molecule has 17 heavy (non-hydrogen) atoms. The summed E-state index contributed by atoms with van der Waals surface area (Å²) >= 11 is 1.57. The number of ether oxygens (including phenoxy) is 1. The summed E-state index contributed by atoms with van der Waals surface area (Å²) < 4.78 is 10.5. The number of benzene rings is 1. The number of nitrogen functional groups attached to an aromatic ring is 1. The van der Waals surface area contributed by atoms with E-state index >= 15 is 0 Å². The Morgan fingerprint density at radius 3 is 2.88 bits per heavy atom. The van der Waals surface area contributed by atoms with E-state index in [4.69, 9.17) is 14.9 Å². The average Bonchev–Trinajstić information content (AvgIpc) is 2.73. The zero-order chi connectivity index (χ0) is 12.3. The summed E-state index contributed by atoms with van der Waals surface area (Å²) in [4.78, 5) is 0.998. The Morgan fingerprint density at radius 2 is 2.24 bits per heavy atom. The lowest BCUT2D eigenvalue weighted by molar-refractivity contribution is 0.405. The predicted molar refractivity (Wildman–Crippen MR) is 66.0 cm³/mol. The van der Waals surface area contributed by atoms with Gasteiger partial charge in [-0.25, -0.2) is 0 Å². The van der Waals surface area contributed by atoms with Crippen LogP contribution in [0.1, 0.15) is 11.8 Å². The van der Waals surface area contributed by atoms with Crippen LogP contribution in [0.3, 0.4) is 0 Å². The van der Waals surface area contributed by atoms with E-state index in [1.807, 2.05) is 12.1 Å². The van der Waals surface area contributed by atoms with E-state index in [9.17, 15) is 0 Å². The van der Waals surface area contributed by atoms with Crippen molar-refractivity contribution in [3.05, 3.63) is 30.0 Å². The molecule has 0 fully saturated rings. The number of aromatic nitrogens is 2. The Morgan fingerprint density at radius 1 is 1.41 bits per heavy atom. The number of hydrogen-bond donors (Lipinski definition) is 1. The van der Waals surface area contributed by atoms with Crippen LogP contribution in [0.15, 0.2) is 27.5 Å². The largest absolute Gasteiger partial charge is 0.496 e. The van der Waals surface area contributed by atoms with Gasteiger partial charge in [-0.3, -0.25) is 0 Å². The second-order valence-corrected chi connectivity index (χ2v) is 4.43. The Labute approximate surface area is 103 Å². The summed E-state index contributed by atoms with van der Waals surface area (Å²) in [5.41, 5.74) is 6.36. The third kappa shape index (κ3) is 2.91. The van der Waals surface area contributed by atoms with Crippen LogP contribution in [-0.4, -0.2) is 17.3 Å². The van der Waals surface area contributed by atoms with Crippen molar-refractivity contribution in [2.45, 2.75) is 17.6 Å². The Bertz CT molecular complexity index is 513. The van der Waals surface area contributed by atoms with Crippen molar-refractivity contribution < 1.29 is 9.15 Å². The fourth-order valence-electron chi connectivity index (χ4n) is 1.34. The third-order valence-corrected chi connectivity index (χ3v) is 3.15. The van der Waals surface area contributed by atoms with E-state index in [1.54, 1.807) is 31.9 Å². The molecule has 0 aliphatic carbocycles. The zero-order valence-corrected chi connectivity index (χ0v) is 10.5. The number of methoxy groups -OCH3 is 1. The van der Waals surface area contributed by atoms with Gasteiger partial charge in [-0.15, -0.1) is 22.0 Å². The van der Waals surface area contributed by atoms with Crippen molar-refractivity contribution in [1.29, 1.82) is 0 Å². The van der Waals surface area contributed by atoms with Gasteiger partial charge < -0.3 is 14.9 Å². The van der Waals surface area contributed by atoms with Gasteiger partial charge in [0.15, 0.2) is 0 Å². The van der Waals surface area contributed by atoms with Gasteiger partial charge in [-0.2, -0.15) is 0 Å². The van der Waals surface area contributed by atoms with Crippen LogP contribution in [-0.2, 0) is 5.75 Å². The molecule has 1 heterocycles. The monoisotopic (exact) mass is 251 g/mol. The van der Waals surface area contributed by atoms with Crippen molar-refractivity contribution in [2.24, 2.45) is 0 Å². The summed E-state index contributed by atoms with van der Waals surface area (Å²) in [6.45, 7) is 1.77. The number of anilines is 1. The molecule has 5 nitrogen and oxygen atoms in total. The third-order valence-electron chi connectivity index (χ3n) is 2.11. The molecule has 0 bridgehead atoms. The lowest BCUT2D eigenvalue weighted by Crippen LogP contribution is -1.90. The van der Waals surface area contributed by atoms with Crippen molar-refractivity contribution in [3.63, 3.8) is 0 Å². The molecule has 0 unspecified atom stereocenters. The number of thioether (sulfide) groups is 1. The second-order valence-electron chi connectivity index (χ2n) is 3.41. The van der Waals surface area contributed by atoms with Crippen LogP contribution in [0, 0.1) is 6.92 Å². The molecule has 0 radical (unpaired) electrons. The molecule has 1 aromatic carbocycles. The van der Waals surface area contributed by atoms with Gasteiger partial charge in [-0.05, 0) is 12.1 Å². The average molecular weight is 251 g/mol. The molecule has 0 aliphatic rings. The smallest absolute Gasteiger partial charge is 0.226 e. The fraction of sp³-hybridized carbons (Fsp3) is 0.273. The summed E-state index contributed by atoms with van der Waals surface area (Å²) in [5, 5.41) is 7.71. The predicted octanol–water partition coefficient (Wildman–Crippen LogP) is 2.26. The van der Waals surface area contributed by atoms with Crippen molar-refractivity contribution in [2.75, 3.05) is 12.8 Å². The van der Waals surface area contributed by atoms with Crippen molar-refractivity contribution >= 4 is 17.4 Å². The Kier molecular flexibility index (Phi) is 3.53. The van der Waals surface area contributed by atoms with Gasteiger partial charge in [0.05, 0.1) is 12.9 Å². The van der Waals surface area contributed by atoms with Crippen LogP contribution >= 0.6 is 11.8 Å². The first-order valence-corrected chi connectivity index (χ1v) is 6.03. The van der Waals surface area contributed by atoms with Crippen LogP contribution < -0.4 is 10.5 Å². The van der Waals surface area contributed by atoms with Gasteiger partial charge >= 0.3 is 0 Å². The first-order chi connectivity index (χ1) is 8.19. The molecule has 6 heteroatoms. The Balaban J connectivity index is 2.08. The maximum Gasteiger partial charge on any atom is 0.226 e. The van der Waals surface area contributed by atoms with Gasteiger partial charge in [-0.1, -0.05) is 0 Å². The SMILES string of the molecule is COc1cc(N)ccc1SCc1nnc(C)o1. The van der Waals surface area contributed by atoms with E-state index in [-0.39, 0.29) is 0 Å². The van der Waals surface area contributed by atoms with Crippen molar-refractivity contribution in [3.8, 4) is 5.75 Å². The van der Waals surface area contributed by atoms with E-state index < -0.39 is 0 Å². The topological polar surface area (TPSA) is 74.2 Å². The molecule has 2 N–H and O–H groups in total. The summed E-state index contributed by atoms with van der Waals surface area (Å²) in [6, 6.07) is 5.55. The molecule has 0 spiro atoms. The first-order valence-electron chi connectivity index (χ1n) is 5.04. The maximum atomic E-state index is 5.68. The fourth-order valence-corrected chi connectivity index (χ4v) is 2.18. The highest BCUT2D eigenvalue weighted by Crippen LogP contribution is 2.32. The molecule has 1 aromatic heterocycles. The molecule has 0 aliphatic heterocycles. The lowest BCUT2D eigenvalue weighted by atomic mass is 10.3.